The van der Waals surface area contributed by atoms with Gasteiger partial charge in [0.1, 0.15) is 11.6 Å². The fraction of sp³-hybridized carbons (Fsp3) is 0.0435. The van der Waals surface area contributed by atoms with Crippen LogP contribution in [-0.2, 0) is 0 Å². The molecule has 30 heavy (non-hydrogen) atoms. The van der Waals surface area contributed by atoms with Crippen LogP contribution in [0.1, 0.15) is 5.69 Å². The summed E-state index contributed by atoms with van der Waals surface area (Å²) in [6.45, 7) is 1.92. The topological polar surface area (TPSA) is 68.5 Å². The van der Waals surface area contributed by atoms with Gasteiger partial charge in [-0.25, -0.2) is 9.37 Å². The molecule has 3 heterocycles. The highest BCUT2D eigenvalue weighted by Gasteiger charge is 2.11. The van der Waals surface area contributed by atoms with Crippen LogP contribution in [0.4, 0.5) is 16.0 Å². The Bertz CT molecular complexity index is 1330. The Balaban J connectivity index is 1.44. The first-order chi connectivity index (χ1) is 14.7. The zero-order valence-corrected chi connectivity index (χ0v) is 16.1. The normalized spacial score (nSPS) is 11.0. The van der Waals surface area contributed by atoms with Gasteiger partial charge < -0.3 is 5.32 Å². The minimum absolute atomic E-state index is 0.282. The second-order valence-corrected chi connectivity index (χ2v) is 6.88. The maximum atomic E-state index is 13.1. The summed E-state index contributed by atoms with van der Waals surface area (Å²) in [6, 6.07) is 23.7. The predicted octanol–water partition coefficient (Wildman–Crippen LogP) is 5.07. The fourth-order valence-electron chi connectivity index (χ4n) is 3.24. The van der Waals surface area contributed by atoms with Crippen LogP contribution in [-0.4, -0.2) is 25.0 Å². The van der Waals surface area contributed by atoms with Gasteiger partial charge in [-0.1, -0.05) is 18.2 Å². The van der Waals surface area contributed by atoms with Crippen molar-refractivity contribution < 1.29 is 4.39 Å². The highest BCUT2D eigenvalue weighted by atomic mass is 19.1. The maximum Gasteiger partial charge on any atom is 0.156 e. The molecule has 0 spiro atoms. The summed E-state index contributed by atoms with van der Waals surface area (Å²) < 4.78 is 14.9. The first kappa shape index (κ1) is 17.9. The summed E-state index contributed by atoms with van der Waals surface area (Å²) in [6.07, 6.45) is 0. The maximum absolute atomic E-state index is 13.1. The summed E-state index contributed by atoms with van der Waals surface area (Å²) in [5.74, 6) is 1.73. The van der Waals surface area contributed by atoms with E-state index in [2.05, 4.69) is 20.6 Å². The minimum atomic E-state index is -0.282. The number of halogens is 1. The van der Waals surface area contributed by atoms with Gasteiger partial charge in [0.05, 0.1) is 16.9 Å². The standard InChI is InChI=1S/C23H17FN6/c1-15-14-23(30(29-15)22-13-8-16-4-2-3-5-19(16)25-22)26-21-12-11-20(27-28-21)17-6-9-18(24)10-7-17/h2-14H,1H3,(H,26,28). The van der Waals surface area contributed by atoms with Gasteiger partial charge in [0, 0.05) is 17.0 Å². The lowest BCUT2D eigenvalue weighted by molar-refractivity contribution is 0.628. The molecule has 0 saturated heterocycles. The largest absolute Gasteiger partial charge is 0.323 e. The van der Waals surface area contributed by atoms with Crippen LogP contribution in [0.5, 0.6) is 0 Å². The second kappa shape index (κ2) is 7.36. The molecule has 0 bridgehead atoms. The van der Waals surface area contributed by atoms with E-state index in [-0.39, 0.29) is 5.82 Å². The number of anilines is 2. The van der Waals surface area contributed by atoms with Gasteiger partial charge in [-0.2, -0.15) is 9.78 Å². The van der Waals surface area contributed by atoms with Crippen molar-refractivity contribution in [1.82, 2.24) is 25.0 Å². The lowest BCUT2D eigenvalue weighted by Gasteiger charge is -2.09. The van der Waals surface area contributed by atoms with Crippen molar-refractivity contribution in [3.8, 4) is 17.1 Å². The van der Waals surface area contributed by atoms with Crippen molar-refractivity contribution >= 4 is 22.5 Å². The lowest BCUT2D eigenvalue weighted by Crippen LogP contribution is -2.06. The van der Waals surface area contributed by atoms with Crippen molar-refractivity contribution in [2.75, 3.05) is 5.32 Å². The molecule has 0 aliphatic heterocycles. The smallest absolute Gasteiger partial charge is 0.156 e. The molecule has 0 amide bonds. The Hall–Kier alpha value is -4.13. The zero-order valence-electron chi connectivity index (χ0n) is 16.1. The Labute approximate surface area is 172 Å². The molecule has 146 valence electrons. The third-order valence-corrected chi connectivity index (χ3v) is 4.69. The molecule has 0 fully saturated rings. The molecule has 5 aromatic rings. The third kappa shape index (κ3) is 3.48. The molecular formula is C23H17FN6. The van der Waals surface area contributed by atoms with E-state index in [0.717, 1.165) is 28.0 Å². The molecule has 6 nitrogen and oxygen atoms in total. The van der Waals surface area contributed by atoms with Crippen LogP contribution < -0.4 is 5.32 Å². The highest BCUT2D eigenvalue weighted by molar-refractivity contribution is 5.79. The number of nitrogens with zero attached hydrogens (tertiary/aromatic N) is 5. The molecule has 0 aliphatic rings. The van der Waals surface area contributed by atoms with Gasteiger partial charge in [-0.15, -0.1) is 10.2 Å². The molecule has 2 aromatic carbocycles. The van der Waals surface area contributed by atoms with Crippen LogP contribution >= 0.6 is 0 Å². The van der Waals surface area contributed by atoms with E-state index in [0.29, 0.717) is 17.3 Å². The molecule has 1 N–H and O–H groups in total. The Morgan fingerprint density at radius 1 is 0.867 bits per heavy atom. The van der Waals surface area contributed by atoms with Crippen LogP contribution in [0.15, 0.2) is 78.9 Å². The Kier molecular flexibility index (Phi) is 4.40. The second-order valence-electron chi connectivity index (χ2n) is 6.88. The van der Waals surface area contributed by atoms with Crippen molar-refractivity contribution in [1.29, 1.82) is 0 Å². The minimum Gasteiger partial charge on any atom is -0.323 e. The summed E-state index contributed by atoms with van der Waals surface area (Å²) in [5.41, 5.74) is 3.22. The number of rotatable bonds is 4. The van der Waals surface area contributed by atoms with Crippen molar-refractivity contribution in [2.45, 2.75) is 6.92 Å². The number of fused-ring (bicyclic) bond motifs is 1. The van der Waals surface area contributed by atoms with Gasteiger partial charge in [0.2, 0.25) is 0 Å². The first-order valence-corrected chi connectivity index (χ1v) is 9.45. The van der Waals surface area contributed by atoms with E-state index in [1.807, 2.05) is 61.5 Å². The van der Waals surface area contributed by atoms with Crippen molar-refractivity contribution in [3.05, 3.63) is 90.4 Å². The zero-order chi connectivity index (χ0) is 20.5. The van der Waals surface area contributed by atoms with E-state index in [4.69, 9.17) is 4.98 Å². The number of benzene rings is 2. The van der Waals surface area contributed by atoms with E-state index >= 15 is 0 Å². The average Bonchev–Trinajstić information content (AvgIpc) is 3.14. The molecule has 7 heteroatoms. The van der Waals surface area contributed by atoms with Crippen LogP contribution in [0, 0.1) is 12.7 Å². The number of hydrogen-bond donors (Lipinski definition) is 1. The summed E-state index contributed by atoms with van der Waals surface area (Å²) >= 11 is 0. The van der Waals surface area contributed by atoms with Gasteiger partial charge >= 0.3 is 0 Å². The molecular weight excluding hydrogens is 379 g/mol. The Morgan fingerprint density at radius 3 is 2.50 bits per heavy atom. The van der Waals surface area contributed by atoms with E-state index in [1.165, 1.54) is 12.1 Å². The first-order valence-electron chi connectivity index (χ1n) is 9.45. The number of pyridine rings is 1. The predicted molar refractivity (Wildman–Crippen MR) is 114 cm³/mol. The van der Waals surface area contributed by atoms with E-state index < -0.39 is 0 Å². The van der Waals surface area contributed by atoms with Crippen LogP contribution in [0.3, 0.4) is 0 Å². The monoisotopic (exact) mass is 396 g/mol. The number of aromatic nitrogens is 5. The third-order valence-electron chi connectivity index (χ3n) is 4.69. The molecule has 3 aromatic heterocycles. The number of nitrogens with one attached hydrogen (secondary N) is 1. The number of hydrogen-bond acceptors (Lipinski definition) is 5. The van der Waals surface area contributed by atoms with E-state index in [9.17, 15) is 4.39 Å². The quantitative estimate of drug-likeness (QED) is 0.459. The lowest BCUT2D eigenvalue weighted by atomic mass is 10.1. The molecule has 0 aliphatic carbocycles. The highest BCUT2D eigenvalue weighted by Crippen LogP contribution is 2.23. The molecule has 5 rings (SSSR count). The van der Waals surface area contributed by atoms with Gasteiger partial charge in [0.15, 0.2) is 11.6 Å². The van der Waals surface area contributed by atoms with Crippen molar-refractivity contribution in [3.63, 3.8) is 0 Å². The Morgan fingerprint density at radius 2 is 1.70 bits per heavy atom. The van der Waals surface area contributed by atoms with Crippen LogP contribution in [0.2, 0.25) is 0 Å². The molecule has 0 atom stereocenters. The van der Waals surface area contributed by atoms with Gasteiger partial charge in [0.25, 0.3) is 0 Å². The summed E-state index contributed by atoms with van der Waals surface area (Å²) in [4.78, 5) is 4.72. The molecule has 0 saturated carbocycles. The number of aryl methyl sites for hydroxylation is 1. The SMILES string of the molecule is Cc1cc(Nc2ccc(-c3ccc(F)cc3)nn2)n(-c2ccc3ccccc3n2)n1. The summed E-state index contributed by atoms with van der Waals surface area (Å²) in [7, 11) is 0. The number of para-hydroxylation sites is 1. The fourth-order valence-corrected chi connectivity index (χ4v) is 3.24. The van der Waals surface area contributed by atoms with Crippen molar-refractivity contribution in [2.24, 2.45) is 0 Å². The van der Waals surface area contributed by atoms with Crippen LogP contribution in [0.25, 0.3) is 28.0 Å². The van der Waals surface area contributed by atoms with E-state index in [1.54, 1.807) is 16.8 Å². The molecule has 0 radical (unpaired) electrons. The molecule has 0 unspecified atom stereocenters. The van der Waals surface area contributed by atoms with Gasteiger partial charge in [-0.05, 0) is 61.5 Å². The average molecular weight is 396 g/mol. The summed E-state index contributed by atoms with van der Waals surface area (Å²) in [5, 5.41) is 17.4. The van der Waals surface area contributed by atoms with Gasteiger partial charge in [-0.3, -0.25) is 0 Å².